The fraction of sp³-hybridized carbons (Fsp3) is 0.188. The van der Waals surface area contributed by atoms with Crippen molar-refractivity contribution in [1.82, 2.24) is 4.57 Å². The van der Waals surface area contributed by atoms with Gasteiger partial charge in [0.1, 0.15) is 5.75 Å². The number of hydrogen-bond donors (Lipinski definition) is 1. The number of aromatic nitrogens is 1. The van der Waals surface area contributed by atoms with E-state index in [9.17, 15) is 14.4 Å². The van der Waals surface area contributed by atoms with Gasteiger partial charge in [0.15, 0.2) is 22.9 Å². The zero-order valence-electron chi connectivity index (χ0n) is 23.9. The number of carboxylic acids is 1. The molecule has 0 saturated carbocycles. The SMILES string of the molecule is CCOC(=O)C1=C(c2ccccc2)N=c2s/c(=C/c3ccc(OCC(=O)O)c(Br)c3)c(=O)n2[C@@H]1c1ccc(OC)c(OC)c1. The first-order chi connectivity index (χ1) is 21.2. The Morgan fingerprint density at radius 2 is 1.75 bits per heavy atom. The summed E-state index contributed by atoms with van der Waals surface area (Å²) in [5.41, 5.74) is 2.22. The standard InChI is InChI=1S/C32H27BrN2O8S/c1-4-42-31(39)27-28(19-8-6-5-7-9-19)34-32-35(29(27)20-11-13-23(40-2)24(16-20)41-3)30(38)25(44-32)15-18-10-12-22(21(33)14-18)43-17-26(36)37/h5-16,29H,4,17H2,1-3H3,(H,36,37)/b25-15+/t29-/m1/s1. The van der Waals surface area contributed by atoms with Crippen LogP contribution in [0.15, 0.2) is 86.6 Å². The van der Waals surface area contributed by atoms with Gasteiger partial charge in [-0.05, 0) is 64.3 Å². The van der Waals surface area contributed by atoms with Gasteiger partial charge < -0.3 is 24.1 Å². The Morgan fingerprint density at radius 3 is 2.41 bits per heavy atom. The van der Waals surface area contributed by atoms with Crippen molar-refractivity contribution < 1.29 is 33.6 Å². The molecule has 0 saturated heterocycles. The summed E-state index contributed by atoms with van der Waals surface area (Å²) >= 11 is 4.59. The zero-order valence-corrected chi connectivity index (χ0v) is 26.3. The first-order valence-electron chi connectivity index (χ1n) is 13.4. The van der Waals surface area contributed by atoms with Gasteiger partial charge in [0.25, 0.3) is 5.56 Å². The number of carbonyl (C=O) groups excluding carboxylic acids is 1. The number of ether oxygens (including phenoxy) is 4. The Bertz CT molecular complexity index is 1950. The van der Waals surface area contributed by atoms with Crippen LogP contribution in [0, 0.1) is 0 Å². The summed E-state index contributed by atoms with van der Waals surface area (Å²) in [6.07, 6.45) is 1.71. The zero-order chi connectivity index (χ0) is 31.4. The minimum atomic E-state index is -1.09. The molecule has 1 aliphatic heterocycles. The van der Waals surface area contributed by atoms with Crippen molar-refractivity contribution in [1.29, 1.82) is 0 Å². The second-order valence-electron chi connectivity index (χ2n) is 9.42. The number of thiazole rings is 1. The van der Waals surface area contributed by atoms with E-state index in [4.69, 9.17) is 29.0 Å². The summed E-state index contributed by atoms with van der Waals surface area (Å²) < 4.78 is 24.2. The van der Waals surface area contributed by atoms with E-state index in [2.05, 4.69) is 15.9 Å². The molecular formula is C32H27BrN2O8S. The molecule has 226 valence electrons. The number of fused-ring (bicyclic) bond motifs is 1. The minimum Gasteiger partial charge on any atom is -0.493 e. The molecule has 44 heavy (non-hydrogen) atoms. The highest BCUT2D eigenvalue weighted by Crippen LogP contribution is 2.38. The van der Waals surface area contributed by atoms with Crippen molar-refractivity contribution in [2.75, 3.05) is 27.4 Å². The summed E-state index contributed by atoms with van der Waals surface area (Å²) in [7, 11) is 3.04. The van der Waals surface area contributed by atoms with Crippen molar-refractivity contribution in [2.24, 2.45) is 4.99 Å². The Balaban J connectivity index is 1.75. The average molecular weight is 680 g/mol. The normalized spacial score (nSPS) is 14.5. The van der Waals surface area contributed by atoms with Crippen molar-refractivity contribution in [3.05, 3.63) is 113 Å². The molecule has 0 spiro atoms. The van der Waals surface area contributed by atoms with Gasteiger partial charge in [-0.3, -0.25) is 9.36 Å². The second-order valence-corrected chi connectivity index (χ2v) is 11.3. The molecule has 4 aromatic rings. The lowest BCUT2D eigenvalue weighted by atomic mass is 9.93. The van der Waals surface area contributed by atoms with Crippen LogP contribution in [0.1, 0.15) is 29.7 Å². The van der Waals surface area contributed by atoms with E-state index >= 15 is 0 Å². The molecule has 0 unspecified atom stereocenters. The van der Waals surface area contributed by atoms with Gasteiger partial charge in [-0.25, -0.2) is 14.6 Å². The topological polar surface area (TPSA) is 126 Å². The van der Waals surface area contributed by atoms with Gasteiger partial charge >= 0.3 is 11.9 Å². The summed E-state index contributed by atoms with van der Waals surface area (Å²) in [4.78, 5) is 43.9. The van der Waals surface area contributed by atoms with E-state index < -0.39 is 24.6 Å². The number of halogens is 1. The summed E-state index contributed by atoms with van der Waals surface area (Å²) in [6.45, 7) is 1.37. The Morgan fingerprint density at radius 1 is 1.02 bits per heavy atom. The predicted molar refractivity (Wildman–Crippen MR) is 168 cm³/mol. The number of carbonyl (C=O) groups is 2. The molecule has 0 amide bonds. The summed E-state index contributed by atoms with van der Waals surface area (Å²) in [6, 6.07) is 18.7. The fourth-order valence-corrected chi connectivity index (χ4v) is 6.31. The molecule has 1 N–H and O–H groups in total. The van der Waals surface area contributed by atoms with Gasteiger partial charge in [0, 0.05) is 5.56 Å². The third kappa shape index (κ3) is 6.17. The van der Waals surface area contributed by atoms with Crippen LogP contribution < -0.4 is 29.1 Å². The maximum Gasteiger partial charge on any atom is 0.341 e. The van der Waals surface area contributed by atoms with Gasteiger partial charge in [0.2, 0.25) is 0 Å². The minimum absolute atomic E-state index is 0.133. The summed E-state index contributed by atoms with van der Waals surface area (Å²) in [5, 5.41) is 8.92. The second kappa shape index (κ2) is 13.3. The van der Waals surface area contributed by atoms with Crippen LogP contribution in [0.3, 0.4) is 0 Å². The van der Waals surface area contributed by atoms with E-state index in [1.807, 2.05) is 30.3 Å². The van der Waals surface area contributed by atoms with Crippen molar-refractivity contribution >= 4 is 51.0 Å². The first kappa shape index (κ1) is 30.8. The smallest absolute Gasteiger partial charge is 0.341 e. The maximum atomic E-state index is 14.1. The lowest BCUT2D eigenvalue weighted by Crippen LogP contribution is -2.40. The monoisotopic (exact) mass is 678 g/mol. The molecule has 1 aliphatic rings. The van der Waals surface area contributed by atoms with Crippen molar-refractivity contribution in [3.8, 4) is 17.2 Å². The molecule has 0 bridgehead atoms. The van der Waals surface area contributed by atoms with Crippen LogP contribution in [0.25, 0.3) is 11.8 Å². The summed E-state index contributed by atoms with van der Waals surface area (Å²) in [5.74, 6) is -0.405. The maximum absolute atomic E-state index is 14.1. The third-order valence-corrected chi connectivity index (χ3v) is 8.30. The van der Waals surface area contributed by atoms with Crippen molar-refractivity contribution in [3.63, 3.8) is 0 Å². The Kier molecular flexibility index (Phi) is 9.31. The van der Waals surface area contributed by atoms with E-state index in [1.54, 1.807) is 49.4 Å². The molecule has 3 aromatic carbocycles. The highest BCUT2D eigenvalue weighted by Gasteiger charge is 2.35. The van der Waals surface area contributed by atoms with Crippen LogP contribution >= 0.6 is 27.3 Å². The number of esters is 1. The van der Waals surface area contributed by atoms with Crippen LogP contribution in [0.5, 0.6) is 17.2 Å². The molecule has 5 rings (SSSR count). The number of methoxy groups -OCH3 is 2. The molecule has 10 nitrogen and oxygen atoms in total. The number of rotatable bonds is 10. The van der Waals surface area contributed by atoms with Crippen LogP contribution in [-0.4, -0.2) is 49.0 Å². The highest BCUT2D eigenvalue weighted by atomic mass is 79.9. The van der Waals surface area contributed by atoms with Crippen LogP contribution in [0.4, 0.5) is 0 Å². The van der Waals surface area contributed by atoms with Crippen LogP contribution in [-0.2, 0) is 14.3 Å². The van der Waals surface area contributed by atoms with Gasteiger partial charge in [-0.15, -0.1) is 0 Å². The quantitative estimate of drug-likeness (QED) is 0.248. The molecule has 0 radical (unpaired) electrons. The van der Waals surface area contributed by atoms with Gasteiger partial charge in [-0.1, -0.05) is 53.8 Å². The number of hydrogen-bond acceptors (Lipinski definition) is 9. The largest absolute Gasteiger partial charge is 0.493 e. The fourth-order valence-electron chi connectivity index (χ4n) is 4.79. The third-order valence-electron chi connectivity index (χ3n) is 6.70. The number of benzene rings is 3. The molecule has 1 atom stereocenters. The Hall–Kier alpha value is -4.68. The molecule has 12 heteroatoms. The van der Waals surface area contributed by atoms with Crippen LogP contribution in [0.2, 0.25) is 0 Å². The lowest BCUT2D eigenvalue weighted by Gasteiger charge is -2.26. The number of aliphatic carboxylic acids is 1. The molecule has 1 aromatic heterocycles. The van der Waals surface area contributed by atoms with E-state index in [0.29, 0.717) is 53.4 Å². The molecule has 2 heterocycles. The van der Waals surface area contributed by atoms with E-state index in [0.717, 1.165) is 0 Å². The molecule has 0 fully saturated rings. The van der Waals surface area contributed by atoms with Gasteiger partial charge in [0.05, 0.1) is 47.1 Å². The first-order valence-corrected chi connectivity index (χ1v) is 15.0. The number of carboxylic acid groups (broad SMARTS) is 1. The highest BCUT2D eigenvalue weighted by molar-refractivity contribution is 9.10. The van der Waals surface area contributed by atoms with E-state index in [-0.39, 0.29) is 17.7 Å². The molecule has 0 aliphatic carbocycles. The molecular weight excluding hydrogens is 652 g/mol. The lowest BCUT2D eigenvalue weighted by molar-refractivity contribution is -0.140. The van der Waals surface area contributed by atoms with Crippen molar-refractivity contribution in [2.45, 2.75) is 13.0 Å². The average Bonchev–Trinajstić information content (AvgIpc) is 3.33. The Labute approximate surface area is 264 Å². The van der Waals surface area contributed by atoms with Gasteiger partial charge in [-0.2, -0.15) is 0 Å². The predicted octanol–water partition coefficient (Wildman–Crippen LogP) is 4.18. The number of nitrogens with zero attached hydrogens (tertiary/aromatic N) is 2. The van der Waals surface area contributed by atoms with E-state index in [1.165, 1.54) is 30.1 Å².